The number of hydrogen-bond acceptors (Lipinski definition) is 3. The number of epoxide rings is 2. The fraction of sp³-hybridized carbons (Fsp3) is 0.571. The summed E-state index contributed by atoms with van der Waals surface area (Å²) in [6.07, 6.45) is 6.62. The van der Waals surface area contributed by atoms with Crippen LogP contribution < -0.4 is 0 Å². The van der Waals surface area contributed by atoms with Gasteiger partial charge in [0.2, 0.25) is 0 Å². The van der Waals surface area contributed by atoms with Crippen molar-refractivity contribution in [2.75, 3.05) is 13.2 Å². The van der Waals surface area contributed by atoms with Crippen LogP contribution in [0.2, 0.25) is 0 Å². The van der Waals surface area contributed by atoms with E-state index in [1.165, 1.54) is 22.3 Å². The van der Waals surface area contributed by atoms with Gasteiger partial charge < -0.3 is 14.2 Å². The van der Waals surface area contributed by atoms with Crippen LogP contribution >= 0.6 is 0 Å². The van der Waals surface area contributed by atoms with Crippen LogP contribution in [0.3, 0.4) is 0 Å². The molecule has 168 valence electrons. The predicted molar refractivity (Wildman–Crippen MR) is 125 cm³/mol. The topological polar surface area (TPSA) is 34.3 Å². The van der Waals surface area contributed by atoms with Crippen molar-refractivity contribution in [3.8, 4) is 0 Å². The van der Waals surface area contributed by atoms with Crippen LogP contribution in [0.15, 0.2) is 48.5 Å². The maximum Gasteiger partial charge on any atom is 0.123 e. The van der Waals surface area contributed by atoms with Crippen LogP contribution in [0.5, 0.6) is 0 Å². The lowest BCUT2D eigenvalue weighted by atomic mass is 9.80. The lowest BCUT2D eigenvalue weighted by molar-refractivity contribution is -0.197. The maximum atomic E-state index is 7.48. The molecule has 2 fully saturated rings. The van der Waals surface area contributed by atoms with Crippen LogP contribution in [-0.4, -0.2) is 25.4 Å². The molecule has 3 nitrogen and oxygen atoms in total. The van der Waals surface area contributed by atoms with Crippen molar-refractivity contribution >= 4 is 0 Å². The van der Waals surface area contributed by atoms with Gasteiger partial charge in [-0.15, -0.1) is 0 Å². The van der Waals surface area contributed by atoms with Crippen molar-refractivity contribution in [1.82, 2.24) is 0 Å². The van der Waals surface area contributed by atoms with E-state index >= 15 is 0 Å². The molecular weight excluding hydrogens is 384 g/mol. The zero-order valence-corrected chi connectivity index (χ0v) is 19.7. The van der Waals surface area contributed by atoms with Crippen molar-refractivity contribution in [1.29, 1.82) is 0 Å². The Hall–Kier alpha value is -1.68. The molecule has 4 unspecified atom stereocenters. The zero-order chi connectivity index (χ0) is 21.9. The van der Waals surface area contributed by atoms with E-state index in [-0.39, 0.29) is 12.2 Å². The highest BCUT2D eigenvalue weighted by molar-refractivity contribution is 5.33. The average Bonchev–Trinajstić information content (AvgIpc) is 3.67. The first-order valence-corrected chi connectivity index (χ1v) is 12.1. The summed E-state index contributed by atoms with van der Waals surface area (Å²) in [6.45, 7) is 10.3. The lowest BCUT2D eigenvalue weighted by Gasteiger charge is -2.44. The number of ether oxygens (including phenoxy) is 3. The number of aryl methyl sites for hydroxylation is 2. The second-order valence-electron chi connectivity index (χ2n) is 9.46. The molecule has 0 spiro atoms. The third-order valence-electron chi connectivity index (χ3n) is 6.96. The van der Waals surface area contributed by atoms with E-state index in [0.717, 1.165) is 51.7 Å². The van der Waals surface area contributed by atoms with Crippen molar-refractivity contribution in [3.63, 3.8) is 0 Å². The van der Waals surface area contributed by atoms with Gasteiger partial charge in [0.05, 0.1) is 13.2 Å². The van der Waals surface area contributed by atoms with E-state index in [2.05, 4.69) is 76.2 Å². The van der Waals surface area contributed by atoms with Crippen LogP contribution in [0, 0.1) is 13.8 Å². The molecule has 0 radical (unpaired) electrons. The van der Waals surface area contributed by atoms with Gasteiger partial charge in [-0.25, -0.2) is 0 Å². The van der Waals surface area contributed by atoms with Crippen LogP contribution in [0.4, 0.5) is 0 Å². The lowest BCUT2D eigenvalue weighted by Crippen LogP contribution is -2.48. The van der Waals surface area contributed by atoms with E-state index in [4.69, 9.17) is 14.2 Å². The summed E-state index contributed by atoms with van der Waals surface area (Å²) in [4.78, 5) is 0. The fourth-order valence-electron chi connectivity index (χ4n) is 4.84. The molecule has 0 bridgehead atoms. The summed E-state index contributed by atoms with van der Waals surface area (Å²) in [5, 5.41) is 0. The van der Waals surface area contributed by atoms with E-state index in [9.17, 15) is 0 Å². The smallest absolute Gasteiger partial charge is 0.123 e. The molecular formula is C28H38O3. The van der Waals surface area contributed by atoms with E-state index in [1.807, 2.05) is 0 Å². The molecule has 2 aromatic rings. The van der Waals surface area contributed by atoms with Crippen LogP contribution in [0.1, 0.15) is 74.6 Å². The molecule has 2 heterocycles. The minimum atomic E-state index is -0.450. The first-order chi connectivity index (χ1) is 15.0. The highest BCUT2D eigenvalue weighted by atomic mass is 16.6. The monoisotopic (exact) mass is 422 g/mol. The van der Waals surface area contributed by atoms with Gasteiger partial charge in [-0.2, -0.15) is 0 Å². The number of benzene rings is 2. The number of hydrogen-bond donors (Lipinski definition) is 0. The fourth-order valence-corrected chi connectivity index (χ4v) is 4.84. The van der Waals surface area contributed by atoms with E-state index in [0.29, 0.717) is 0 Å². The molecule has 2 aromatic carbocycles. The molecule has 2 saturated heterocycles. The molecule has 4 atom stereocenters. The second-order valence-corrected chi connectivity index (χ2v) is 9.46. The quantitative estimate of drug-likeness (QED) is 0.362. The third-order valence-corrected chi connectivity index (χ3v) is 6.96. The van der Waals surface area contributed by atoms with Gasteiger partial charge in [0, 0.05) is 0 Å². The van der Waals surface area contributed by atoms with Crippen molar-refractivity contribution in [2.45, 2.75) is 89.6 Å². The SMILES string of the molecule is CCCCC(OC(CCCC)(c1ccc(C)cc1)C1CO1)(c1ccc(C)cc1)C1CO1. The Bertz CT molecular complexity index is 764. The first-order valence-electron chi connectivity index (χ1n) is 12.1. The van der Waals surface area contributed by atoms with Crippen LogP contribution in [-0.2, 0) is 25.4 Å². The number of rotatable bonds is 12. The summed E-state index contributed by atoms with van der Waals surface area (Å²) < 4.78 is 19.5. The summed E-state index contributed by atoms with van der Waals surface area (Å²) in [5.74, 6) is 0. The Labute approximate surface area is 188 Å². The summed E-state index contributed by atoms with van der Waals surface area (Å²) >= 11 is 0. The van der Waals surface area contributed by atoms with Gasteiger partial charge >= 0.3 is 0 Å². The zero-order valence-electron chi connectivity index (χ0n) is 19.7. The first kappa shape index (κ1) is 22.5. The Morgan fingerprint density at radius 3 is 1.35 bits per heavy atom. The molecule has 0 N–H and O–H groups in total. The Morgan fingerprint density at radius 1 is 0.710 bits per heavy atom. The van der Waals surface area contributed by atoms with E-state index < -0.39 is 11.2 Å². The maximum absolute atomic E-state index is 7.48. The van der Waals surface area contributed by atoms with Gasteiger partial charge in [-0.05, 0) is 37.8 Å². The molecule has 0 aliphatic carbocycles. The summed E-state index contributed by atoms with van der Waals surface area (Å²) in [6, 6.07) is 17.8. The molecule has 4 rings (SSSR count). The van der Waals surface area contributed by atoms with Crippen LogP contribution in [0.25, 0.3) is 0 Å². The highest BCUT2D eigenvalue weighted by Crippen LogP contribution is 2.52. The standard InChI is InChI=1S/C28H38O3/c1-5-7-17-27(25-19-29-25,23-13-9-21(3)10-14-23)31-28(18-8-6-2,26-20-30-26)24-15-11-22(4)12-16-24/h9-16,25-26H,5-8,17-20H2,1-4H3. The second kappa shape index (κ2) is 9.44. The van der Waals surface area contributed by atoms with Crippen molar-refractivity contribution in [3.05, 3.63) is 70.8 Å². The molecule has 31 heavy (non-hydrogen) atoms. The molecule has 0 aromatic heterocycles. The minimum Gasteiger partial charge on any atom is -0.370 e. The minimum absolute atomic E-state index is 0.104. The van der Waals surface area contributed by atoms with Gasteiger partial charge in [0.25, 0.3) is 0 Å². The summed E-state index contributed by atoms with van der Waals surface area (Å²) in [7, 11) is 0. The van der Waals surface area contributed by atoms with Crippen molar-refractivity contribution in [2.24, 2.45) is 0 Å². The molecule has 0 saturated carbocycles. The Morgan fingerprint density at radius 2 is 1.06 bits per heavy atom. The summed E-state index contributed by atoms with van der Waals surface area (Å²) in [5.41, 5.74) is 4.12. The Kier molecular flexibility index (Phi) is 6.86. The van der Waals surface area contributed by atoms with Gasteiger partial charge in [-0.3, -0.25) is 0 Å². The Balaban J connectivity index is 1.81. The van der Waals surface area contributed by atoms with Gasteiger partial charge in [0.1, 0.15) is 23.4 Å². The molecule has 0 amide bonds. The largest absolute Gasteiger partial charge is 0.370 e. The van der Waals surface area contributed by atoms with E-state index in [1.54, 1.807) is 0 Å². The van der Waals surface area contributed by atoms with Crippen molar-refractivity contribution < 1.29 is 14.2 Å². The highest BCUT2D eigenvalue weighted by Gasteiger charge is 2.58. The van der Waals surface area contributed by atoms with Gasteiger partial charge in [0.15, 0.2) is 0 Å². The average molecular weight is 423 g/mol. The number of unbranched alkanes of at least 4 members (excludes halogenated alkanes) is 2. The normalized spacial score (nSPS) is 23.7. The van der Waals surface area contributed by atoms with Gasteiger partial charge in [-0.1, -0.05) is 99.2 Å². The molecule has 2 aliphatic rings. The third kappa shape index (κ3) is 4.74. The predicted octanol–water partition coefficient (Wildman–Crippen LogP) is 6.59. The molecule has 2 aliphatic heterocycles. The molecule has 3 heteroatoms.